The van der Waals surface area contributed by atoms with Crippen molar-refractivity contribution in [3.63, 3.8) is 0 Å². The van der Waals surface area contributed by atoms with Crippen molar-refractivity contribution in [3.05, 3.63) is 78.7 Å². The lowest BCUT2D eigenvalue weighted by atomic mass is 10.1. The van der Waals surface area contributed by atoms with Gasteiger partial charge in [-0.1, -0.05) is 71.9 Å². The topological polar surface area (TPSA) is 71.3 Å². The molecule has 6 nitrogen and oxygen atoms in total. The molecule has 0 aliphatic carbocycles. The average Bonchev–Trinajstić information content (AvgIpc) is 3.21. The summed E-state index contributed by atoms with van der Waals surface area (Å²) in [5, 5.41) is 9.08. The molecule has 6 heteroatoms. The van der Waals surface area contributed by atoms with Gasteiger partial charge in [-0.05, 0) is 18.4 Å². The van der Waals surface area contributed by atoms with E-state index in [1.165, 1.54) is 0 Å². The van der Waals surface area contributed by atoms with Crippen molar-refractivity contribution in [1.29, 1.82) is 0 Å². The second-order valence-electron chi connectivity index (χ2n) is 6.35. The van der Waals surface area contributed by atoms with Gasteiger partial charge in [0.25, 0.3) is 0 Å². The van der Waals surface area contributed by atoms with E-state index in [2.05, 4.69) is 15.5 Å². The Labute approximate surface area is 162 Å². The van der Waals surface area contributed by atoms with Gasteiger partial charge in [-0.2, -0.15) is 4.98 Å². The Morgan fingerprint density at radius 3 is 2.57 bits per heavy atom. The van der Waals surface area contributed by atoms with Crippen LogP contribution in [0, 0.1) is 0 Å². The normalized spacial score (nSPS) is 10.8. The van der Waals surface area contributed by atoms with Crippen molar-refractivity contribution >= 4 is 22.5 Å². The molecule has 1 aromatic heterocycles. The maximum absolute atomic E-state index is 12.8. The van der Waals surface area contributed by atoms with Crippen LogP contribution in [0.3, 0.4) is 0 Å². The lowest BCUT2D eigenvalue weighted by molar-refractivity contribution is 0.203. The summed E-state index contributed by atoms with van der Waals surface area (Å²) in [5.74, 6) is 0.912. The van der Waals surface area contributed by atoms with E-state index in [1.54, 1.807) is 4.90 Å². The molecule has 140 valence electrons. The Morgan fingerprint density at radius 1 is 1.00 bits per heavy atom. The molecule has 0 aliphatic heterocycles. The van der Waals surface area contributed by atoms with Crippen LogP contribution in [-0.4, -0.2) is 27.6 Å². The van der Waals surface area contributed by atoms with E-state index in [1.807, 2.05) is 79.7 Å². The molecule has 1 heterocycles. The zero-order chi connectivity index (χ0) is 19.3. The van der Waals surface area contributed by atoms with Crippen molar-refractivity contribution in [2.24, 2.45) is 0 Å². The van der Waals surface area contributed by atoms with Crippen LogP contribution in [0.15, 0.2) is 77.3 Å². The van der Waals surface area contributed by atoms with Crippen molar-refractivity contribution in [3.8, 4) is 11.4 Å². The summed E-state index contributed by atoms with van der Waals surface area (Å²) in [5.41, 5.74) is 1.65. The SMILES string of the molecule is CCN(Cc1nc(-c2ccccc2)no1)C(=O)Nc1cccc2ccccc12. The number of nitrogens with zero attached hydrogens (tertiary/aromatic N) is 3. The second kappa shape index (κ2) is 7.92. The molecule has 28 heavy (non-hydrogen) atoms. The van der Waals surface area contributed by atoms with Crippen LogP contribution in [0.1, 0.15) is 12.8 Å². The third-order valence-corrected chi connectivity index (χ3v) is 4.53. The van der Waals surface area contributed by atoms with Gasteiger partial charge in [0.05, 0.1) is 5.69 Å². The Kier molecular flexibility index (Phi) is 5.01. The summed E-state index contributed by atoms with van der Waals surface area (Å²) in [6, 6.07) is 23.2. The summed E-state index contributed by atoms with van der Waals surface area (Å²) in [6.45, 7) is 2.67. The Bertz CT molecular complexity index is 1090. The first kappa shape index (κ1) is 17.7. The van der Waals surface area contributed by atoms with E-state index in [9.17, 15) is 4.79 Å². The van der Waals surface area contributed by atoms with Gasteiger partial charge in [-0.15, -0.1) is 0 Å². The molecule has 2 amide bonds. The predicted molar refractivity (Wildman–Crippen MR) is 109 cm³/mol. The minimum atomic E-state index is -0.210. The first-order valence-electron chi connectivity index (χ1n) is 9.16. The fourth-order valence-electron chi connectivity index (χ4n) is 3.04. The Morgan fingerprint density at radius 2 is 1.75 bits per heavy atom. The molecule has 4 rings (SSSR count). The van der Waals surface area contributed by atoms with E-state index >= 15 is 0 Å². The molecule has 0 saturated heterocycles. The first-order chi connectivity index (χ1) is 13.7. The van der Waals surface area contributed by atoms with Crippen LogP contribution in [0.2, 0.25) is 0 Å². The molecule has 0 saturated carbocycles. The van der Waals surface area contributed by atoms with E-state index in [0.717, 1.165) is 22.0 Å². The number of urea groups is 1. The molecule has 3 aromatic carbocycles. The standard InChI is InChI=1S/C22H20N4O2/c1-2-26(15-20-24-21(25-28-20)17-10-4-3-5-11-17)22(27)23-19-14-8-12-16-9-6-7-13-18(16)19/h3-14H,2,15H2,1H3,(H,23,27). The van der Waals surface area contributed by atoms with Gasteiger partial charge < -0.3 is 14.7 Å². The van der Waals surface area contributed by atoms with Crippen LogP contribution >= 0.6 is 0 Å². The predicted octanol–water partition coefficient (Wildman–Crippen LogP) is 4.94. The first-order valence-corrected chi connectivity index (χ1v) is 9.16. The van der Waals surface area contributed by atoms with Gasteiger partial charge in [0.1, 0.15) is 6.54 Å². The molecule has 0 fully saturated rings. The molecule has 0 spiro atoms. The fraction of sp³-hybridized carbons (Fsp3) is 0.136. The summed E-state index contributed by atoms with van der Waals surface area (Å²) >= 11 is 0. The lowest BCUT2D eigenvalue weighted by Gasteiger charge is -2.20. The molecule has 0 aliphatic rings. The highest BCUT2D eigenvalue weighted by Gasteiger charge is 2.17. The molecule has 4 aromatic rings. The van der Waals surface area contributed by atoms with Gasteiger partial charge >= 0.3 is 6.03 Å². The van der Waals surface area contributed by atoms with E-state index < -0.39 is 0 Å². The minimum absolute atomic E-state index is 0.210. The molecule has 0 atom stereocenters. The summed E-state index contributed by atoms with van der Waals surface area (Å²) in [6.07, 6.45) is 0. The lowest BCUT2D eigenvalue weighted by Crippen LogP contribution is -2.34. The molecule has 1 N–H and O–H groups in total. The molecule has 0 unspecified atom stereocenters. The van der Waals surface area contributed by atoms with Crippen molar-refractivity contribution in [2.45, 2.75) is 13.5 Å². The van der Waals surface area contributed by atoms with Crippen molar-refractivity contribution in [1.82, 2.24) is 15.0 Å². The quantitative estimate of drug-likeness (QED) is 0.538. The zero-order valence-corrected chi connectivity index (χ0v) is 15.5. The number of aromatic nitrogens is 2. The number of nitrogens with one attached hydrogen (secondary N) is 1. The van der Waals surface area contributed by atoms with Gasteiger partial charge in [0.2, 0.25) is 11.7 Å². The maximum Gasteiger partial charge on any atom is 0.322 e. The number of carbonyl (C=O) groups excluding carboxylic acids is 1. The van der Waals surface area contributed by atoms with Crippen LogP contribution < -0.4 is 5.32 Å². The number of amides is 2. The zero-order valence-electron chi connectivity index (χ0n) is 15.5. The monoisotopic (exact) mass is 372 g/mol. The van der Waals surface area contributed by atoms with Gasteiger partial charge in [-0.3, -0.25) is 0 Å². The number of rotatable bonds is 5. The van der Waals surface area contributed by atoms with Crippen molar-refractivity contribution < 1.29 is 9.32 Å². The third-order valence-electron chi connectivity index (χ3n) is 4.53. The van der Waals surface area contributed by atoms with Crippen LogP contribution in [0.4, 0.5) is 10.5 Å². The number of hydrogen-bond acceptors (Lipinski definition) is 4. The van der Waals surface area contributed by atoms with E-state index in [4.69, 9.17) is 4.52 Å². The smallest absolute Gasteiger partial charge is 0.322 e. The number of carbonyl (C=O) groups is 1. The molecule has 0 bridgehead atoms. The largest absolute Gasteiger partial charge is 0.337 e. The number of anilines is 1. The van der Waals surface area contributed by atoms with Crippen LogP contribution in [0.25, 0.3) is 22.2 Å². The molecular weight excluding hydrogens is 352 g/mol. The average molecular weight is 372 g/mol. The highest BCUT2D eigenvalue weighted by atomic mass is 16.5. The third kappa shape index (κ3) is 3.71. The van der Waals surface area contributed by atoms with E-state index in [0.29, 0.717) is 18.3 Å². The van der Waals surface area contributed by atoms with Crippen LogP contribution in [-0.2, 0) is 6.54 Å². The van der Waals surface area contributed by atoms with Crippen molar-refractivity contribution in [2.75, 3.05) is 11.9 Å². The summed E-state index contributed by atoms with van der Waals surface area (Å²) in [4.78, 5) is 18.8. The highest BCUT2D eigenvalue weighted by Crippen LogP contribution is 2.23. The Balaban J connectivity index is 1.49. The van der Waals surface area contributed by atoms with Crippen LogP contribution in [0.5, 0.6) is 0 Å². The van der Waals surface area contributed by atoms with Gasteiger partial charge in [0.15, 0.2) is 0 Å². The molecule has 0 radical (unpaired) electrons. The minimum Gasteiger partial charge on any atom is -0.337 e. The Hall–Kier alpha value is -3.67. The highest BCUT2D eigenvalue weighted by molar-refractivity contribution is 6.01. The summed E-state index contributed by atoms with van der Waals surface area (Å²) < 4.78 is 5.34. The second-order valence-corrected chi connectivity index (χ2v) is 6.35. The number of hydrogen-bond donors (Lipinski definition) is 1. The van der Waals surface area contributed by atoms with Gasteiger partial charge in [-0.25, -0.2) is 4.79 Å². The number of benzene rings is 3. The summed E-state index contributed by atoms with van der Waals surface area (Å²) in [7, 11) is 0. The maximum atomic E-state index is 12.8. The number of fused-ring (bicyclic) bond motifs is 1. The molecular formula is C22H20N4O2. The van der Waals surface area contributed by atoms with Gasteiger partial charge in [0, 0.05) is 17.5 Å². The fourth-order valence-corrected chi connectivity index (χ4v) is 3.04. The van der Waals surface area contributed by atoms with E-state index in [-0.39, 0.29) is 12.6 Å².